The van der Waals surface area contributed by atoms with Gasteiger partial charge in [-0.15, -0.1) is 0 Å². The third-order valence-corrected chi connectivity index (χ3v) is 3.73. The first-order valence-electron chi connectivity index (χ1n) is 7.06. The summed E-state index contributed by atoms with van der Waals surface area (Å²) in [6.07, 6.45) is 1.05. The van der Waals surface area contributed by atoms with Gasteiger partial charge in [0.1, 0.15) is 5.75 Å². The number of hydrogen-bond donors (Lipinski definition) is 1. The smallest absolute Gasteiger partial charge is 0.166 e. The van der Waals surface area contributed by atoms with Gasteiger partial charge in [0.2, 0.25) is 0 Å². The second kappa shape index (κ2) is 7.57. The molecule has 0 aliphatic rings. The zero-order chi connectivity index (χ0) is 15.2. The lowest BCUT2D eigenvalue weighted by Gasteiger charge is -2.15. The van der Waals surface area contributed by atoms with Gasteiger partial charge in [-0.25, -0.2) is 4.39 Å². The van der Waals surface area contributed by atoms with Gasteiger partial charge in [0.15, 0.2) is 11.6 Å². The highest BCUT2D eigenvalue weighted by Gasteiger charge is 2.10. The van der Waals surface area contributed by atoms with Gasteiger partial charge < -0.3 is 10.1 Å². The fourth-order valence-electron chi connectivity index (χ4n) is 1.98. The minimum absolute atomic E-state index is 0.126. The number of hydrogen-bond acceptors (Lipinski definition) is 2. The molecule has 0 spiro atoms. The molecule has 1 N–H and O–H groups in total. The lowest BCUT2D eigenvalue weighted by molar-refractivity contribution is 0.440. The van der Waals surface area contributed by atoms with Gasteiger partial charge in [-0.3, -0.25) is 0 Å². The summed E-state index contributed by atoms with van der Waals surface area (Å²) in [7, 11) is 0. The molecule has 0 aromatic heterocycles. The first-order valence-corrected chi connectivity index (χ1v) is 7.85. The van der Waals surface area contributed by atoms with Crippen LogP contribution in [0.3, 0.4) is 0 Å². The van der Waals surface area contributed by atoms with E-state index in [1.807, 2.05) is 25.1 Å². The Labute approximate surface area is 133 Å². The molecule has 112 valence electrons. The Balaban J connectivity index is 2.10. The largest absolute Gasteiger partial charge is 0.454 e. The molecule has 0 radical (unpaired) electrons. The van der Waals surface area contributed by atoms with Gasteiger partial charge in [0.25, 0.3) is 0 Å². The Kier molecular flexibility index (Phi) is 5.76. The molecular formula is C17H19BrFNO. The van der Waals surface area contributed by atoms with Gasteiger partial charge in [-0.2, -0.15) is 0 Å². The Hall–Kier alpha value is -1.39. The van der Waals surface area contributed by atoms with Gasteiger partial charge in [-0.05, 0) is 61.9 Å². The molecule has 2 aromatic rings. The minimum Gasteiger partial charge on any atom is -0.454 e. The zero-order valence-corrected chi connectivity index (χ0v) is 13.8. The molecule has 0 saturated carbocycles. The van der Waals surface area contributed by atoms with E-state index in [1.54, 1.807) is 18.2 Å². The van der Waals surface area contributed by atoms with E-state index in [-0.39, 0.29) is 17.6 Å². The molecule has 2 rings (SSSR count). The molecule has 2 aromatic carbocycles. The second-order valence-electron chi connectivity index (χ2n) is 4.92. The highest BCUT2D eigenvalue weighted by Crippen LogP contribution is 2.27. The van der Waals surface area contributed by atoms with Crippen molar-refractivity contribution in [3.63, 3.8) is 0 Å². The Morgan fingerprint density at radius 2 is 1.90 bits per heavy atom. The quantitative estimate of drug-likeness (QED) is 0.747. The maximum atomic E-state index is 14.1. The molecule has 0 fully saturated rings. The zero-order valence-electron chi connectivity index (χ0n) is 12.2. The molecule has 0 aliphatic heterocycles. The van der Waals surface area contributed by atoms with Gasteiger partial charge >= 0.3 is 0 Å². The highest BCUT2D eigenvalue weighted by atomic mass is 79.9. The second-order valence-corrected chi connectivity index (χ2v) is 5.84. The standard InChI is InChI=1S/C17H19BrFNO/c1-3-10-20-12(2)13-4-9-17(16(19)11-13)21-15-7-5-14(18)6-8-15/h4-9,11-12,20H,3,10H2,1-2H3. The van der Waals surface area contributed by atoms with Crippen molar-refractivity contribution in [3.8, 4) is 11.5 Å². The summed E-state index contributed by atoms with van der Waals surface area (Å²) in [6.45, 7) is 5.05. The number of nitrogens with one attached hydrogen (secondary N) is 1. The van der Waals surface area contributed by atoms with Gasteiger partial charge in [0.05, 0.1) is 0 Å². The molecule has 4 heteroatoms. The molecule has 2 nitrogen and oxygen atoms in total. The summed E-state index contributed by atoms with van der Waals surface area (Å²) in [6, 6.07) is 12.5. The van der Waals surface area contributed by atoms with E-state index in [9.17, 15) is 4.39 Å². The number of ether oxygens (including phenoxy) is 1. The van der Waals surface area contributed by atoms with E-state index in [0.29, 0.717) is 5.75 Å². The molecule has 0 heterocycles. The van der Waals surface area contributed by atoms with E-state index >= 15 is 0 Å². The van der Waals surface area contributed by atoms with Crippen LogP contribution in [-0.4, -0.2) is 6.54 Å². The maximum Gasteiger partial charge on any atom is 0.166 e. The van der Waals surface area contributed by atoms with Crippen LogP contribution in [0, 0.1) is 5.82 Å². The maximum absolute atomic E-state index is 14.1. The van der Waals surface area contributed by atoms with Crippen molar-refractivity contribution in [1.29, 1.82) is 0 Å². The first-order chi connectivity index (χ1) is 10.1. The van der Waals surface area contributed by atoms with Crippen LogP contribution in [0.1, 0.15) is 31.9 Å². The van der Waals surface area contributed by atoms with Crippen molar-refractivity contribution in [2.75, 3.05) is 6.54 Å². The van der Waals surface area contributed by atoms with Crippen LogP contribution in [0.25, 0.3) is 0 Å². The van der Waals surface area contributed by atoms with Gasteiger partial charge in [0, 0.05) is 10.5 Å². The van der Waals surface area contributed by atoms with Crippen molar-refractivity contribution in [3.05, 3.63) is 58.3 Å². The number of halogens is 2. The molecule has 1 atom stereocenters. The lowest BCUT2D eigenvalue weighted by atomic mass is 10.1. The average Bonchev–Trinajstić information content (AvgIpc) is 2.49. The summed E-state index contributed by atoms with van der Waals surface area (Å²) in [4.78, 5) is 0. The van der Waals surface area contributed by atoms with Crippen LogP contribution >= 0.6 is 15.9 Å². The topological polar surface area (TPSA) is 21.3 Å². The average molecular weight is 352 g/mol. The number of benzene rings is 2. The predicted octanol–water partition coefficient (Wildman–Crippen LogP) is 5.44. The van der Waals surface area contributed by atoms with Crippen molar-refractivity contribution in [2.24, 2.45) is 0 Å². The summed E-state index contributed by atoms with van der Waals surface area (Å²) in [5.41, 5.74) is 0.920. The van der Waals surface area contributed by atoms with E-state index in [1.165, 1.54) is 6.07 Å². The SMILES string of the molecule is CCCNC(C)c1ccc(Oc2ccc(Br)cc2)c(F)c1. The van der Waals surface area contributed by atoms with E-state index < -0.39 is 0 Å². The van der Waals surface area contributed by atoms with Crippen LogP contribution < -0.4 is 10.1 Å². The molecule has 0 bridgehead atoms. The Morgan fingerprint density at radius 1 is 1.19 bits per heavy atom. The van der Waals surface area contributed by atoms with Gasteiger partial charge in [-0.1, -0.05) is 28.9 Å². The van der Waals surface area contributed by atoms with Crippen LogP contribution in [-0.2, 0) is 0 Å². The molecule has 0 aliphatic carbocycles. The lowest BCUT2D eigenvalue weighted by Crippen LogP contribution is -2.19. The molecular weight excluding hydrogens is 333 g/mol. The first kappa shape index (κ1) is 16.0. The summed E-state index contributed by atoms with van der Waals surface area (Å²) in [5.74, 6) is 0.506. The fraction of sp³-hybridized carbons (Fsp3) is 0.294. The highest BCUT2D eigenvalue weighted by molar-refractivity contribution is 9.10. The van der Waals surface area contributed by atoms with Crippen molar-refractivity contribution >= 4 is 15.9 Å². The third-order valence-electron chi connectivity index (χ3n) is 3.20. The minimum atomic E-state index is -0.347. The van der Waals surface area contributed by atoms with Crippen LogP contribution in [0.2, 0.25) is 0 Å². The molecule has 0 amide bonds. The van der Waals surface area contributed by atoms with Crippen molar-refractivity contribution in [1.82, 2.24) is 5.32 Å². The third kappa shape index (κ3) is 4.55. The van der Waals surface area contributed by atoms with Crippen molar-refractivity contribution < 1.29 is 9.13 Å². The number of rotatable bonds is 6. The molecule has 0 saturated heterocycles. The summed E-state index contributed by atoms with van der Waals surface area (Å²) >= 11 is 3.35. The summed E-state index contributed by atoms with van der Waals surface area (Å²) in [5, 5.41) is 3.34. The fourth-order valence-corrected chi connectivity index (χ4v) is 2.24. The Bertz CT molecular complexity index is 586. The van der Waals surface area contributed by atoms with Crippen LogP contribution in [0.4, 0.5) is 4.39 Å². The summed E-state index contributed by atoms with van der Waals surface area (Å²) < 4.78 is 20.7. The molecule has 1 unspecified atom stereocenters. The van der Waals surface area contributed by atoms with E-state index in [4.69, 9.17) is 4.74 Å². The van der Waals surface area contributed by atoms with Crippen LogP contribution in [0.15, 0.2) is 46.9 Å². The normalized spacial score (nSPS) is 12.2. The monoisotopic (exact) mass is 351 g/mol. The van der Waals surface area contributed by atoms with E-state index in [0.717, 1.165) is 23.0 Å². The van der Waals surface area contributed by atoms with E-state index in [2.05, 4.69) is 28.2 Å². The van der Waals surface area contributed by atoms with Crippen LogP contribution in [0.5, 0.6) is 11.5 Å². The Morgan fingerprint density at radius 3 is 2.52 bits per heavy atom. The molecule has 21 heavy (non-hydrogen) atoms. The van der Waals surface area contributed by atoms with Crippen molar-refractivity contribution in [2.45, 2.75) is 26.3 Å². The predicted molar refractivity (Wildman–Crippen MR) is 87.3 cm³/mol.